The Morgan fingerprint density at radius 2 is 1.63 bits per heavy atom. The summed E-state index contributed by atoms with van der Waals surface area (Å²) in [5.74, 6) is 4.10. The molecule has 1 aliphatic carbocycles. The molecule has 3 aromatic rings. The molecule has 1 atom stereocenters. The molecule has 2 aliphatic rings. The maximum absolute atomic E-state index is 5.31. The van der Waals surface area contributed by atoms with Crippen molar-refractivity contribution in [1.29, 1.82) is 0 Å². The van der Waals surface area contributed by atoms with E-state index in [4.69, 9.17) is 19.4 Å². The molecule has 1 unspecified atom stereocenters. The van der Waals surface area contributed by atoms with E-state index in [1.54, 1.807) is 14.2 Å². The van der Waals surface area contributed by atoms with Crippen LogP contribution in [-0.4, -0.2) is 37.3 Å². The summed E-state index contributed by atoms with van der Waals surface area (Å²) < 4.78 is 10.6. The summed E-state index contributed by atoms with van der Waals surface area (Å²) in [4.78, 5) is 12.1. The van der Waals surface area contributed by atoms with E-state index in [1.807, 2.05) is 18.3 Å². The van der Waals surface area contributed by atoms with E-state index < -0.39 is 0 Å². The third-order valence-electron chi connectivity index (χ3n) is 7.96. The number of aryl methyl sites for hydroxylation is 1. The molecule has 5 nitrogen and oxygen atoms in total. The topological polar surface area (TPSA) is 47.5 Å². The molecule has 198 valence electrons. The molecule has 0 bridgehead atoms. The summed E-state index contributed by atoms with van der Waals surface area (Å²) in [6.07, 6.45) is 18.7. The minimum Gasteiger partial charge on any atom is -0.497 e. The van der Waals surface area contributed by atoms with Gasteiger partial charge in [-0.2, -0.15) is 0 Å². The van der Waals surface area contributed by atoms with Gasteiger partial charge < -0.3 is 14.4 Å². The van der Waals surface area contributed by atoms with Gasteiger partial charge in [0.15, 0.2) is 0 Å². The van der Waals surface area contributed by atoms with Gasteiger partial charge in [0.2, 0.25) is 0 Å². The second-order valence-electron chi connectivity index (χ2n) is 10.4. The van der Waals surface area contributed by atoms with Gasteiger partial charge in [0.25, 0.3) is 0 Å². The quantitative estimate of drug-likeness (QED) is 0.318. The Hall–Kier alpha value is -3.60. The predicted octanol–water partition coefficient (Wildman–Crippen LogP) is 7.36. The highest BCUT2D eigenvalue weighted by Gasteiger charge is 2.18. The fourth-order valence-electron chi connectivity index (χ4n) is 5.60. The van der Waals surface area contributed by atoms with Crippen LogP contribution >= 0.6 is 0 Å². The van der Waals surface area contributed by atoms with Crippen LogP contribution in [0.1, 0.15) is 55.7 Å². The molecule has 0 N–H and O–H groups in total. The van der Waals surface area contributed by atoms with E-state index in [9.17, 15) is 0 Å². The molecule has 5 heteroatoms. The smallest absolute Gasteiger partial charge is 0.128 e. The van der Waals surface area contributed by atoms with Crippen molar-refractivity contribution in [3.63, 3.8) is 0 Å². The lowest BCUT2D eigenvalue weighted by molar-refractivity contribution is 0.303. The van der Waals surface area contributed by atoms with Gasteiger partial charge in [-0.1, -0.05) is 30.3 Å². The van der Waals surface area contributed by atoms with Crippen LogP contribution in [0.4, 0.5) is 5.82 Å². The van der Waals surface area contributed by atoms with Crippen LogP contribution in [0.3, 0.4) is 0 Å². The molecular formula is C33H39N3O2. The van der Waals surface area contributed by atoms with Gasteiger partial charge in [-0.05, 0) is 98.4 Å². The highest BCUT2D eigenvalue weighted by atomic mass is 16.5. The van der Waals surface area contributed by atoms with Crippen LogP contribution in [0, 0.1) is 5.92 Å². The molecule has 0 radical (unpaired) electrons. The zero-order chi connectivity index (χ0) is 26.2. The Morgan fingerprint density at radius 1 is 0.842 bits per heavy atom. The van der Waals surface area contributed by atoms with E-state index in [0.717, 1.165) is 54.7 Å². The fourth-order valence-corrected chi connectivity index (χ4v) is 5.60. The molecule has 0 spiro atoms. The second-order valence-corrected chi connectivity index (χ2v) is 10.4. The summed E-state index contributed by atoms with van der Waals surface area (Å²) in [7, 11) is 3.41. The van der Waals surface area contributed by atoms with E-state index in [0.29, 0.717) is 5.92 Å². The fraction of sp³-hybridized carbons (Fsp3) is 0.394. The molecule has 1 aliphatic heterocycles. The van der Waals surface area contributed by atoms with Crippen LogP contribution < -0.4 is 9.64 Å². The molecule has 1 saturated heterocycles. The largest absolute Gasteiger partial charge is 0.497 e. The van der Waals surface area contributed by atoms with E-state index >= 15 is 0 Å². The van der Waals surface area contributed by atoms with Crippen LogP contribution in [0.2, 0.25) is 0 Å². The van der Waals surface area contributed by atoms with Crippen molar-refractivity contribution in [1.82, 2.24) is 9.97 Å². The van der Waals surface area contributed by atoms with Crippen molar-refractivity contribution in [3.8, 4) is 16.9 Å². The number of benzene rings is 1. The first-order valence-corrected chi connectivity index (χ1v) is 13.9. The lowest BCUT2D eigenvalue weighted by atomic mass is 9.90. The number of pyridine rings is 2. The van der Waals surface area contributed by atoms with Crippen molar-refractivity contribution in [2.45, 2.75) is 50.9 Å². The molecule has 0 saturated carbocycles. The monoisotopic (exact) mass is 509 g/mol. The van der Waals surface area contributed by atoms with Gasteiger partial charge >= 0.3 is 0 Å². The van der Waals surface area contributed by atoms with E-state index in [1.165, 1.54) is 48.9 Å². The molecule has 3 heterocycles. The number of nitrogens with zero attached hydrogens (tertiary/aromatic N) is 3. The first kappa shape index (κ1) is 26.0. The van der Waals surface area contributed by atoms with Crippen molar-refractivity contribution < 1.29 is 9.47 Å². The molecule has 0 amide bonds. The zero-order valence-corrected chi connectivity index (χ0v) is 22.7. The van der Waals surface area contributed by atoms with Crippen LogP contribution in [0.25, 0.3) is 11.1 Å². The SMILES string of the molecule is COC1=CCC(c2ccc(N3CCCC(CCc4ccc(-c5ccc(OC)cc5)cn4)CCC3)nc2)C=C1. The van der Waals surface area contributed by atoms with Gasteiger partial charge in [0.05, 0.1) is 14.2 Å². The highest BCUT2D eigenvalue weighted by molar-refractivity contribution is 5.63. The Balaban J connectivity index is 1.08. The van der Waals surface area contributed by atoms with Gasteiger partial charge in [0, 0.05) is 42.7 Å². The zero-order valence-electron chi connectivity index (χ0n) is 22.7. The van der Waals surface area contributed by atoms with Crippen LogP contribution in [-0.2, 0) is 11.2 Å². The molecule has 1 aromatic carbocycles. The average molecular weight is 510 g/mol. The third kappa shape index (κ3) is 6.63. The number of allylic oxidation sites excluding steroid dienone is 3. The number of hydrogen-bond donors (Lipinski definition) is 0. The summed E-state index contributed by atoms with van der Waals surface area (Å²) in [5, 5.41) is 0. The Bertz CT molecular complexity index is 1210. The minimum atomic E-state index is 0.386. The van der Waals surface area contributed by atoms with E-state index in [2.05, 4.69) is 65.7 Å². The summed E-state index contributed by atoms with van der Waals surface area (Å²) >= 11 is 0. The predicted molar refractivity (Wildman–Crippen MR) is 155 cm³/mol. The van der Waals surface area contributed by atoms with E-state index in [-0.39, 0.29) is 0 Å². The third-order valence-corrected chi connectivity index (χ3v) is 7.96. The van der Waals surface area contributed by atoms with Crippen LogP contribution in [0.5, 0.6) is 5.75 Å². The number of methoxy groups -OCH3 is 2. The molecule has 2 aromatic heterocycles. The first-order valence-electron chi connectivity index (χ1n) is 13.9. The second kappa shape index (κ2) is 12.8. The molecule has 38 heavy (non-hydrogen) atoms. The number of aromatic nitrogens is 2. The number of rotatable bonds is 8. The Kier molecular flexibility index (Phi) is 8.75. The maximum atomic E-state index is 5.31. The summed E-state index contributed by atoms with van der Waals surface area (Å²) in [5.41, 5.74) is 4.78. The number of ether oxygens (including phenoxy) is 2. The Morgan fingerprint density at radius 3 is 2.24 bits per heavy atom. The Labute approximate surface area is 227 Å². The van der Waals surface area contributed by atoms with Crippen molar-refractivity contribution >= 4 is 5.82 Å². The lowest BCUT2D eigenvalue weighted by Crippen LogP contribution is -2.29. The lowest BCUT2D eigenvalue weighted by Gasteiger charge is -2.29. The van der Waals surface area contributed by atoms with Crippen molar-refractivity contribution in [2.75, 3.05) is 32.2 Å². The van der Waals surface area contributed by atoms with Crippen LogP contribution in [0.15, 0.2) is 84.9 Å². The molecule has 5 rings (SSSR count). The molecular weight excluding hydrogens is 470 g/mol. The summed E-state index contributed by atoms with van der Waals surface area (Å²) in [6, 6.07) is 17.0. The number of hydrogen-bond acceptors (Lipinski definition) is 5. The van der Waals surface area contributed by atoms with Crippen molar-refractivity contribution in [3.05, 3.63) is 96.2 Å². The van der Waals surface area contributed by atoms with Gasteiger partial charge in [-0.15, -0.1) is 0 Å². The van der Waals surface area contributed by atoms with Gasteiger partial charge in [-0.25, -0.2) is 4.98 Å². The van der Waals surface area contributed by atoms with Crippen molar-refractivity contribution in [2.24, 2.45) is 5.92 Å². The summed E-state index contributed by atoms with van der Waals surface area (Å²) in [6.45, 7) is 2.17. The molecule has 1 fully saturated rings. The minimum absolute atomic E-state index is 0.386. The normalized spacial score (nSPS) is 18.4. The van der Waals surface area contributed by atoms with Gasteiger partial charge in [-0.3, -0.25) is 4.98 Å². The average Bonchev–Trinajstić information content (AvgIpc) is 2.97. The maximum Gasteiger partial charge on any atom is 0.128 e. The first-order chi connectivity index (χ1) is 18.7. The standard InChI is InChI=1S/C33H39N3O2/c1-37-31-16-9-26(10-17-31)28-8-15-30(34-23-28)14-7-25-5-3-21-36(22-4-6-25)33-20-13-29(24-35-33)27-11-18-32(38-2)19-12-27/h8-11,13,15-20,23-25,27H,3-7,12,14,21-22H2,1-2H3. The highest BCUT2D eigenvalue weighted by Crippen LogP contribution is 2.29. The number of anilines is 1. The van der Waals surface area contributed by atoms with Gasteiger partial charge in [0.1, 0.15) is 17.3 Å².